The molecule has 3 atom stereocenters. The number of benzene rings is 2. The Bertz CT molecular complexity index is 826. The highest BCUT2D eigenvalue weighted by atomic mass is 16.5. The molecule has 2 aromatic rings. The third-order valence-electron chi connectivity index (χ3n) is 5.18. The molecule has 0 unspecified atom stereocenters. The molecule has 0 aromatic heterocycles. The fraction of sp³-hybridized carbons (Fsp3) is 0.286. The summed E-state index contributed by atoms with van der Waals surface area (Å²) in [6, 6.07) is 13.6. The number of hydrogen-bond acceptors (Lipinski definition) is 3. The number of allylic oxidation sites excluding steroid dienone is 2. The lowest BCUT2D eigenvalue weighted by atomic mass is 9.77. The Morgan fingerprint density at radius 1 is 1.24 bits per heavy atom. The van der Waals surface area contributed by atoms with Gasteiger partial charge in [-0.1, -0.05) is 36.4 Å². The van der Waals surface area contributed by atoms with Crippen molar-refractivity contribution in [3.63, 3.8) is 0 Å². The van der Waals surface area contributed by atoms with Crippen LogP contribution in [0.5, 0.6) is 5.75 Å². The number of nitrogens with one attached hydrogen (secondary N) is 1. The zero-order chi connectivity index (χ0) is 17.4. The Morgan fingerprint density at radius 2 is 2.04 bits per heavy atom. The molecule has 4 heteroatoms. The highest BCUT2D eigenvalue weighted by Crippen LogP contribution is 2.52. The summed E-state index contributed by atoms with van der Waals surface area (Å²) >= 11 is 0. The zero-order valence-electron chi connectivity index (χ0n) is 14.1. The average Bonchev–Trinajstić information content (AvgIpc) is 3.12. The first-order valence-electron chi connectivity index (χ1n) is 8.71. The van der Waals surface area contributed by atoms with Crippen LogP contribution >= 0.6 is 0 Å². The van der Waals surface area contributed by atoms with Crippen LogP contribution < -0.4 is 10.1 Å². The third-order valence-corrected chi connectivity index (χ3v) is 5.18. The number of para-hydroxylation sites is 1. The highest BCUT2D eigenvalue weighted by molar-refractivity contribution is 5.87. The molecule has 4 nitrogen and oxygen atoms in total. The van der Waals surface area contributed by atoms with E-state index in [9.17, 15) is 4.79 Å². The monoisotopic (exact) mass is 335 g/mol. The van der Waals surface area contributed by atoms with E-state index in [-0.39, 0.29) is 6.04 Å². The van der Waals surface area contributed by atoms with E-state index in [4.69, 9.17) is 9.84 Å². The Morgan fingerprint density at radius 3 is 2.76 bits per heavy atom. The van der Waals surface area contributed by atoms with Gasteiger partial charge in [-0.3, -0.25) is 0 Å². The predicted octanol–water partition coefficient (Wildman–Crippen LogP) is 4.61. The van der Waals surface area contributed by atoms with Crippen LogP contribution in [-0.2, 0) is 0 Å². The molecule has 1 heterocycles. The Hall–Kier alpha value is -2.75. The molecule has 0 saturated carbocycles. The van der Waals surface area contributed by atoms with Crippen LogP contribution in [0.2, 0.25) is 0 Å². The fourth-order valence-electron chi connectivity index (χ4n) is 4.03. The number of rotatable bonds is 4. The third kappa shape index (κ3) is 2.68. The normalized spacial score (nSPS) is 23.5. The molecule has 1 aliphatic carbocycles. The van der Waals surface area contributed by atoms with Gasteiger partial charge in [-0.25, -0.2) is 4.79 Å². The summed E-state index contributed by atoms with van der Waals surface area (Å²) in [7, 11) is 0. The second-order valence-corrected chi connectivity index (χ2v) is 6.56. The summed E-state index contributed by atoms with van der Waals surface area (Å²) in [6.45, 7) is 2.61. The van der Waals surface area contributed by atoms with Gasteiger partial charge in [0, 0.05) is 5.92 Å². The minimum atomic E-state index is -0.896. The molecule has 2 aliphatic rings. The van der Waals surface area contributed by atoms with Gasteiger partial charge in [0.15, 0.2) is 0 Å². The second kappa shape index (κ2) is 6.28. The molecular weight excluding hydrogens is 314 g/mol. The first-order chi connectivity index (χ1) is 12.2. The van der Waals surface area contributed by atoms with Crippen LogP contribution in [0.1, 0.15) is 46.8 Å². The van der Waals surface area contributed by atoms with Crippen molar-refractivity contribution in [1.82, 2.24) is 0 Å². The number of carboxylic acids is 1. The summed E-state index contributed by atoms with van der Waals surface area (Å²) in [5.41, 5.74) is 3.77. The van der Waals surface area contributed by atoms with E-state index in [1.807, 2.05) is 25.1 Å². The SMILES string of the molecule is CCOc1cccc2c1N[C@H](c1ccc(C(=O)O)cc1)[C@H]1CC=C[C@@H]21. The number of ether oxygens (including phenoxy) is 1. The molecule has 2 N–H and O–H groups in total. The van der Waals surface area contributed by atoms with E-state index >= 15 is 0 Å². The molecule has 0 amide bonds. The lowest BCUT2D eigenvalue weighted by Gasteiger charge is -2.38. The number of fused-ring (bicyclic) bond motifs is 3. The van der Waals surface area contributed by atoms with Gasteiger partial charge in [-0.15, -0.1) is 0 Å². The van der Waals surface area contributed by atoms with E-state index in [1.165, 1.54) is 5.56 Å². The molecule has 2 aromatic carbocycles. The number of carbonyl (C=O) groups is 1. The first kappa shape index (κ1) is 15.8. The smallest absolute Gasteiger partial charge is 0.335 e. The average molecular weight is 335 g/mol. The largest absolute Gasteiger partial charge is 0.492 e. The van der Waals surface area contributed by atoms with Gasteiger partial charge in [0.25, 0.3) is 0 Å². The van der Waals surface area contributed by atoms with Gasteiger partial charge in [0.2, 0.25) is 0 Å². The summed E-state index contributed by atoms with van der Waals surface area (Å²) < 4.78 is 5.82. The van der Waals surface area contributed by atoms with Gasteiger partial charge < -0.3 is 15.2 Å². The minimum absolute atomic E-state index is 0.136. The molecule has 0 bridgehead atoms. The summed E-state index contributed by atoms with van der Waals surface area (Å²) in [5, 5.41) is 12.8. The maximum Gasteiger partial charge on any atom is 0.335 e. The van der Waals surface area contributed by atoms with Crippen molar-refractivity contribution in [3.05, 3.63) is 71.3 Å². The number of anilines is 1. The van der Waals surface area contributed by atoms with Crippen LogP contribution in [0, 0.1) is 5.92 Å². The number of hydrogen-bond donors (Lipinski definition) is 2. The van der Waals surface area contributed by atoms with Crippen molar-refractivity contribution in [2.45, 2.75) is 25.3 Å². The van der Waals surface area contributed by atoms with Crippen molar-refractivity contribution in [1.29, 1.82) is 0 Å². The highest BCUT2D eigenvalue weighted by Gasteiger charge is 2.38. The van der Waals surface area contributed by atoms with Crippen LogP contribution in [0.4, 0.5) is 5.69 Å². The van der Waals surface area contributed by atoms with Gasteiger partial charge in [-0.05, 0) is 48.6 Å². The molecule has 1 aliphatic heterocycles. The molecular formula is C21H21NO3. The number of carboxylic acid groups (broad SMARTS) is 1. The van der Waals surface area contributed by atoms with Crippen molar-refractivity contribution in [2.75, 3.05) is 11.9 Å². The van der Waals surface area contributed by atoms with Gasteiger partial charge in [0.1, 0.15) is 5.75 Å². The molecule has 0 spiro atoms. The van der Waals surface area contributed by atoms with Gasteiger partial charge >= 0.3 is 5.97 Å². The zero-order valence-corrected chi connectivity index (χ0v) is 14.1. The van der Waals surface area contributed by atoms with Crippen molar-refractivity contribution in [2.24, 2.45) is 5.92 Å². The molecule has 25 heavy (non-hydrogen) atoms. The Labute approximate surface area is 147 Å². The van der Waals surface area contributed by atoms with Gasteiger partial charge in [-0.2, -0.15) is 0 Å². The van der Waals surface area contributed by atoms with Gasteiger partial charge in [0.05, 0.1) is 23.9 Å². The molecule has 0 fully saturated rings. The van der Waals surface area contributed by atoms with E-state index < -0.39 is 5.97 Å². The lowest BCUT2D eigenvalue weighted by molar-refractivity contribution is 0.0697. The van der Waals surface area contributed by atoms with E-state index in [1.54, 1.807) is 12.1 Å². The van der Waals surface area contributed by atoms with E-state index in [0.29, 0.717) is 24.0 Å². The Kier molecular flexibility index (Phi) is 3.96. The second-order valence-electron chi connectivity index (χ2n) is 6.56. The van der Waals surface area contributed by atoms with Crippen molar-refractivity contribution in [3.8, 4) is 5.75 Å². The number of aromatic carboxylic acids is 1. The van der Waals surface area contributed by atoms with Crippen molar-refractivity contribution < 1.29 is 14.6 Å². The lowest BCUT2D eigenvalue weighted by Crippen LogP contribution is -2.29. The van der Waals surface area contributed by atoms with E-state index in [0.717, 1.165) is 23.4 Å². The molecule has 4 rings (SSSR count). The van der Waals surface area contributed by atoms with Crippen LogP contribution in [0.25, 0.3) is 0 Å². The predicted molar refractivity (Wildman–Crippen MR) is 97.4 cm³/mol. The maximum atomic E-state index is 11.1. The summed E-state index contributed by atoms with van der Waals surface area (Å²) in [6.07, 6.45) is 5.55. The van der Waals surface area contributed by atoms with Crippen molar-refractivity contribution >= 4 is 11.7 Å². The minimum Gasteiger partial charge on any atom is -0.492 e. The standard InChI is InChI=1S/C21H21NO3/c1-2-25-18-8-4-7-17-15-5-3-6-16(15)19(22-20(17)18)13-9-11-14(12-10-13)21(23)24/h3-5,7-12,15-16,19,22H,2,6H2,1H3,(H,23,24)/t15-,16+,19-/m1/s1. The quantitative estimate of drug-likeness (QED) is 0.801. The molecule has 0 saturated heterocycles. The molecule has 128 valence electrons. The first-order valence-corrected chi connectivity index (χ1v) is 8.71. The van der Waals surface area contributed by atoms with Crippen LogP contribution in [0.3, 0.4) is 0 Å². The summed E-state index contributed by atoms with van der Waals surface area (Å²) in [5.74, 6) is 0.777. The molecule has 0 radical (unpaired) electrons. The topological polar surface area (TPSA) is 58.6 Å². The maximum absolute atomic E-state index is 11.1. The van der Waals surface area contributed by atoms with Crippen LogP contribution in [0.15, 0.2) is 54.6 Å². The fourth-order valence-corrected chi connectivity index (χ4v) is 4.03. The Balaban J connectivity index is 1.74. The van der Waals surface area contributed by atoms with Crippen LogP contribution in [-0.4, -0.2) is 17.7 Å². The summed E-state index contributed by atoms with van der Waals surface area (Å²) in [4.78, 5) is 11.1. The van der Waals surface area contributed by atoms with E-state index in [2.05, 4.69) is 29.6 Å².